The Balaban J connectivity index is 2.02. The third kappa shape index (κ3) is 4.28. The van der Waals surface area contributed by atoms with Gasteiger partial charge in [-0.25, -0.2) is 4.98 Å². The third-order valence-electron chi connectivity index (χ3n) is 3.81. The van der Waals surface area contributed by atoms with E-state index in [-0.39, 0.29) is 5.56 Å². The highest BCUT2D eigenvalue weighted by atomic mass is 16.1. The number of aromatic nitrogens is 2. The van der Waals surface area contributed by atoms with Crippen LogP contribution in [-0.2, 0) is 6.54 Å². The van der Waals surface area contributed by atoms with Crippen LogP contribution < -0.4 is 16.2 Å². The molecule has 1 fully saturated rings. The summed E-state index contributed by atoms with van der Waals surface area (Å²) in [5.74, 6) is 1.04. The molecule has 0 amide bonds. The van der Waals surface area contributed by atoms with Gasteiger partial charge in [0.1, 0.15) is 0 Å². The van der Waals surface area contributed by atoms with Gasteiger partial charge >= 0.3 is 0 Å². The Morgan fingerprint density at radius 3 is 2.62 bits per heavy atom. The standard InChI is InChI=1S/C15H27N5O/c1-13(2)12-20-7-5-17-14(15(20)21)19-10-8-18(9-11-19)6-3-4-16/h5,7,13H,3-4,6,8-12,16H2,1-2H3. The van der Waals surface area contributed by atoms with Crippen molar-refractivity contribution in [1.29, 1.82) is 0 Å². The van der Waals surface area contributed by atoms with Crippen molar-refractivity contribution >= 4 is 5.82 Å². The van der Waals surface area contributed by atoms with E-state index in [1.54, 1.807) is 17.0 Å². The lowest BCUT2D eigenvalue weighted by Crippen LogP contribution is -2.49. The number of hydrogen-bond donors (Lipinski definition) is 1. The smallest absolute Gasteiger partial charge is 0.293 e. The normalized spacial score (nSPS) is 16.7. The number of anilines is 1. The lowest BCUT2D eigenvalue weighted by Gasteiger charge is -2.35. The first-order valence-corrected chi connectivity index (χ1v) is 7.84. The van der Waals surface area contributed by atoms with E-state index in [0.717, 1.165) is 52.2 Å². The summed E-state index contributed by atoms with van der Waals surface area (Å²) in [6, 6.07) is 0. The van der Waals surface area contributed by atoms with Crippen molar-refractivity contribution < 1.29 is 0 Å². The Bertz CT molecular complexity index is 491. The van der Waals surface area contributed by atoms with Crippen LogP contribution in [0, 0.1) is 5.92 Å². The minimum Gasteiger partial charge on any atom is -0.349 e. The molecule has 1 aromatic heterocycles. The summed E-state index contributed by atoms with van der Waals surface area (Å²) in [7, 11) is 0. The van der Waals surface area contributed by atoms with Crippen molar-refractivity contribution in [3.05, 3.63) is 22.7 Å². The summed E-state index contributed by atoms with van der Waals surface area (Å²) >= 11 is 0. The topological polar surface area (TPSA) is 67.4 Å². The van der Waals surface area contributed by atoms with Crippen LogP contribution in [0.5, 0.6) is 0 Å². The zero-order valence-electron chi connectivity index (χ0n) is 13.2. The maximum atomic E-state index is 12.5. The first-order valence-electron chi connectivity index (χ1n) is 7.84. The molecular weight excluding hydrogens is 266 g/mol. The summed E-state index contributed by atoms with van der Waals surface area (Å²) in [4.78, 5) is 21.3. The number of piperazine rings is 1. The average Bonchev–Trinajstić information content (AvgIpc) is 2.47. The second-order valence-electron chi connectivity index (χ2n) is 6.07. The summed E-state index contributed by atoms with van der Waals surface area (Å²) in [6.07, 6.45) is 4.55. The lowest BCUT2D eigenvalue weighted by atomic mass is 10.2. The predicted molar refractivity (Wildman–Crippen MR) is 85.7 cm³/mol. The van der Waals surface area contributed by atoms with E-state index >= 15 is 0 Å². The Labute approximate surface area is 126 Å². The highest BCUT2D eigenvalue weighted by molar-refractivity contribution is 5.36. The molecule has 0 aromatic carbocycles. The molecule has 0 bridgehead atoms. The monoisotopic (exact) mass is 293 g/mol. The van der Waals surface area contributed by atoms with Crippen molar-refractivity contribution in [3.8, 4) is 0 Å². The molecule has 0 atom stereocenters. The zero-order chi connectivity index (χ0) is 15.2. The van der Waals surface area contributed by atoms with Crippen molar-refractivity contribution in [2.24, 2.45) is 11.7 Å². The number of nitrogens with two attached hydrogens (primary N) is 1. The number of hydrogen-bond acceptors (Lipinski definition) is 5. The number of rotatable bonds is 6. The van der Waals surface area contributed by atoms with E-state index in [0.29, 0.717) is 11.7 Å². The molecule has 1 aromatic rings. The van der Waals surface area contributed by atoms with Gasteiger partial charge in [-0.3, -0.25) is 9.69 Å². The van der Waals surface area contributed by atoms with E-state index in [2.05, 4.69) is 28.6 Å². The average molecular weight is 293 g/mol. The van der Waals surface area contributed by atoms with Crippen LogP contribution in [0.25, 0.3) is 0 Å². The van der Waals surface area contributed by atoms with Gasteiger partial charge in [0.25, 0.3) is 5.56 Å². The molecule has 0 unspecified atom stereocenters. The van der Waals surface area contributed by atoms with Crippen LogP contribution in [0.1, 0.15) is 20.3 Å². The molecular formula is C15H27N5O. The number of nitrogens with zero attached hydrogens (tertiary/aromatic N) is 4. The molecule has 2 heterocycles. The molecule has 0 saturated carbocycles. The SMILES string of the molecule is CC(C)Cn1ccnc(N2CCN(CCCN)CC2)c1=O. The molecule has 2 N–H and O–H groups in total. The van der Waals surface area contributed by atoms with Gasteiger partial charge in [-0.05, 0) is 25.4 Å². The van der Waals surface area contributed by atoms with Crippen molar-refractivity contribution in [3.63, 3.8) is 0 Å². The molecule has 1 saturated heterocycles. The molecule has 0 spiro atoms. The molecule has 21 heavy (non-hydrogen) atoms. The summed E-state index contributed by atoms with van der Waals surface area (Å²) in [5.41, 5.74) is 5.58. The van der Waals surface area contributed by atoms with Crippen molar-refractivity contribution in [1.82, 2.24) is 14.5 Å². The zero-order valence-corrected chi connectivity index (χ0v) is 13.2. The third-order valence-corrected chi connectivity index (χ3v) is 3.81. The lowest BCUT2D eigenvalue weighted by molar-refractivity contribution is 0.255. The van der Waals surface area contributed by atoms with Gasteiger partial charge in [-0.1, -0.05) is 13.8 Å². The predicted octanol–water partition coefficient (Wildman–Crippen LogP) is 0.370. The second-order valence-corrected chi connectivity index (χ2v) is 6.07. The fourth-order valence-electron chi connectivity index (χ4n) is 2.69. The molecule has 6 nitrogen and oxygen atoms in total. The fraction of sp³-hybridized carbons (Fsp3) is 0.733. The van der Waals surface area contributed by atoms with E-state index in [1.807, 2.05) is 0 Å². The van der Waals surface area contributed by atoms with Crippen LogP contribution in [0.15, 0.2) is 17.2 Å². The van der Waals surface area contributed by atoms with Crippen LogP contribution in [0.4, 0.5) is 5.82 Å². The second kappa shape index (κ2) is 7.56. The molecule has 6 heteroatoms. The summed E-state index contributed by atoms with van der Waals surface area (Å²) < 4.78 is 1.77. The van der Waals surface area contributed by atoms with Gasteiger partial charge in [-0.15, -0.1) is 0 Å². The van der Waals surface area contributed by atoms with Crippen LogP contribution >= 0.6 is 0 Å². The Kier molecular flexibility index (Phi) is 5.76. The van der Waals surface area contributed by atoms with Crippen molar-refractivity contribution in [2.45, 2.75) is 26.8 Å². The van der Waals surface area contributed by atoms with Gasteiger partial charge in [0.2, 0.25) is 0 Å². The Morgan fingerprint density at radius 2 is 2.00 bits per heavy atom. The van der Waals surface area contributed by atoms with E-state index in [1.165, 1.54) is 0 Å². The molecule has 1 aliphatic rings. The van der Waals surface area contributed by atoms with Gasteiger partial charge in [0.05, 0.1) is 0 Å². The molecule has 0 aliphatic carbocycles. The van der Waals surface area contributed by atoms with Gasteiger partial charge in [-0.2, -0.15) is 0 Å². The minimum atomic E-state index is 0.0293. The van der Waals surface area contributed by atoms with E-state index in [9.17, 15) is 4.79 Å². The Hall–Kier alpha value is -1.40. The van der Waals surface area contributed by atoms with Crippen LogP contribution in [-0.4, -0.2) is 53.7 Å². The van der Waals surface area contributed by atoms with E-state index in [4.69, 9.17) is 5.73 Å². The van der Waals surface area contributed by atoms with Crippen LogP contribution in [0.2, 0.25) is 0 Å². The fourth-order valence-corrected chi connectivity index (χ4v) is 2.69. The Morgan fingerprint density at radius 1 is 1.29 bits per heavy atom. The first kappa shape index (κ1) is 16.0. The van der Waals surface area contributed by atoms with Gasteiger partial charge < -0.3 is 15.2 Å². The molecule has 118 valence electrons. The largest absolute Gasteiger partial charge is 0.349 e. The first-order chi connectivity index (χ1) is 10.1. The molecule has 2 rings (SSSR count). The van der Waals surface area contributed by atoms with Crippen molar-refractivity contribution in [2.75, 3.05) is 44.2 Å². The maximum Gasteiger partial charge on any atom is 0.293 e. The summed E-state index contributed by atoms with van der Waals surface area (Å²) in [5, 5.41) is 0. The quantitative estimate of drug-likeness (QED) is 0.821. The molecule has 0 radical (unpaired) electrons. The summed E-state index contributed by atoms with van der Waals surface area (Å²) in [6.45, 7) is 10.4. The van der Waals surface area contributed by atoms with Gasteiger partial charge in [0, 0.05) is 45.1 Å². The van der Waals surface area contributed by atoms with Crippen LogP contribution in [0.3, 0.4) is 0 Å². The highest BCUT2D eigenvalue weighted by Gasteiger charge is 2.20. The minimum absolute atomic E-state index is 0.0293. The van der Waals surface area contributed by atoms with Gasteiger partial charge in [0.15, 0.2) is 5.82 Å². The highest BCUT2D eigenvalue weighted by Crippen LogP contribution is 2.09. The maximum absolute atomic E-state index is 12.5. The molecule has 1 aliphatic heterocycles. The van der Waals surface area contributed by atoms with E-state index < -0.39 is 0 Å².